The minimum Gasteiger partial charge on any atom is -0.471 e. The Labute approximate surface area is 174 Å². The van der Waals surface area contributed by atoms with Crippen molar-refractivity contribution in [3.8, 4) is 17.3 Å². The molecule has 0 N–H and O–H groups in total. The monoisotopic (exact) mass is 413 g/mol. The van der Waals surface area contributed by atoms with Gasteiger partial charge in [-0.15, -0.1) is 0 Å². The van der Waals surface area contributed by atoms with Gasteiger partial charge in [0.25, 0.3) is 0 Å². The van der Waals surface area contributed by atoms with E-state index in [0.29, 0.717) is 36.6 Å². The molecule has 1 aliphatic heterocycles. The first-order chi connectivity index (χ1) is 14.4. The highest BCUT2D eigenvalue weighted by Crippen LogP contribution is 2.29. The quantitative estimate of drug-likeness (QED) is 0.634. The second-order valence-electron chi connectivity index (χ2n) is 7.71. The van der Waals surface area contributed by atoms with Gasteiger partial charge in [-0.1, -0.05) is 0 Å². The summed E-state index contributed by atoms with van der Waals surface area (Å²) in [4.78, 5) is 27.3. The molecule has 160 valence electrons. The Kier molecular flexibility index (Phi) is 5.31. The third-order valence-electron chi connectivity index (χ3n) is 5.28. The number of amides is 1. The van der Waals surface area contributed by atoms with E-state index >= 15 is 0 Å². The molecule has 1 atom stereocenters. The Morgan fingerprint density at radius 3 is 2.83 bits per heavy atom. The van der Waals surface area contributed by atoms with E-state index in [0.717, 1.165) is 23.6 Å². The van der Waals surface area contributed by atoms with Crippen LogP contribution in [-0.4, -0.2) is 65.6 Å². The molecule has 4 heterocycles. The van der Waals surface area contributed by atoms with Crippen LogP contribution in [0.3, 0.4) is 0 Å². The first kappa shape index (κ1) is 20.1. The zero-order chi connectivity index (χ0) is 21.4. The van der Waals surface area contributed by atoms with E-state index in [1.54, 1.807) is 4.90 Å². The van der Waals surface area contributed by atoms with Crippen LogP contribution in [0.15, 0.2) is 12.5 Å². The molecule has 0 radical (unpaired) electrons. The average Bonchev–Trinajstić information content (AvgIpc) is 3.40. The van der Waals surface area contributed by atoms with Gasteiger partial charge < -0.3 is 18.9 Å². The number of hydrogen-bond acceptors (Lipinski definition) is 7. The zero-order valence-corrected chi connectivity index (χ0v) is 18.0. The van der Waals surface area contributed by atoms with Gasteiger partial charge in [0, 0.05) is 32.3 Å². The van der Waals surface area contributed by atoms with Crippen LogP contribution in [0.4, 0.5) is 4.79 Å². The average molecular weight is 413 g/mol. The van der Waals surface area contributed by atoms with Crippen LogP contribution < -0.4 is 4.74 Å². The van der Waals surface area contributed by atoms with Gasteiger partial charge in [0.1, 0.15) is 18.3 Å². The zero-order valence-electron chi connectivity index (χ0n) is 18.0. The van der Waals surface area contributed by atoms with E-state index in [9.17, 15) is 4.79 Å². The molecule has 0 spiro atoms. The molecule has 0 saturated carbocycles. The maximum atomic E-state index is 12.1. The molecular formula is C20H27N7O3. The van der Waals surface area contributed by atoms with Crippen LogP contribution in [0.2, 0.25) is 0 Å². The van der Waals surface area contributed by atoms with Crippen molar-refractivity contribution in [2.45, 2.75) is 52.9 Å². The molecular weight excluding hydrogens is 386 g/mol. The van der Waals surface area contributed by atoms with Crippen LogP contribution in [0.1, 0.15) is 32.9 Å². The van der Waals surface area contributed by atoms with Crippen molar-refractivity contribution in [2.24, 2.45) is 7.05 Å². The van der Waals surface area contributed by atoms with Crippen LogP contribution in [0.5, 0.6) is 5.88 Å². The summed E-state index contributed by atoms with van der Waals surface area (Å²) in [6.45, 7) is 9.59. The second-order valence-corrected chi connectivity index (χ2v) is 7.71. The maximum absolute atomic E-state index is 12.1. The van der Waals surface area contributed by atoms with Crippen molar-refractivity contribution in [3.05, 3.63) is 18.2 Å². The Hall–Kier alpha value is -3.17. The molecule has 30 heavy (non-hydrogen) atoms. The fourth-order valence-corrected chi connectivity index (χ4v) is 3.71. The van der Waals surface area contributed by atoms with Crippen molar-refractivity contribution in [1.29, 1.82) is 0 Å². The standard InChI is InChI=1S/C20H27N7O3/c1-6-27-13(4)15(9-23-27)17-24-16-18(25(17)5)21-11-22-19(16)30-14-7-8-26(10-14)20(28)29-12(2)3/h9,11-12,14H,6-8,10H2,1-5H3/t14-/m0/s1. The van der Waals surface area contributed by atoms with E-state index in [1.807, 2.05) is 43.3 Å². The van der Waals surface area contributed by atoms with Gasteiger partial charge in [0.15, 0.2) is 11.2 Å². The number of hydrogen-bond donors (Lipinski definition) is 0. The molecule has 0 aliphatic carbocycles. The minimum absolute atomic E-state index is 0.147. The van der Waals surface area contributed by atoms with Gasteiger partial charge in [-0.3, -0.25) is 4.68 Å². The summed E-state index contributed by atoms with van der Waals surface area (Å²) in [5, 5.41) is 4.42. The lowest BCUT2D eigenvalue weighted by atomic mass is 10.2. The Balaban J connectivity index is 1.59. The summed E-state index contributed by atoms with van der Waals surface area (Å²) in [5.74, 6) is 1.19. The van der Waals surface area contributed by atoms with E-state index in [1.165, 1.54) is 6.33 Å². The molecule has 3 aromatic rings. The van der Waals surface area contributed by atoms with E-state index in [4.69, 9.17) is 14.5 Å². The minimum atomic E-state index is -0.313. The van der Waals surface area contributed by atoms with Crippen molar-refractivity contribution in [3.63, 3.8) is 0 Å². The highest BCUT2D eigenvalue weighted by atomic mass is 16.6. The van der Waals surface area contributed by atoms with Crippen LogP contribution in [0, 0.1) is 6.92 Å². The number of fused-ring (bicyclic) bond motifs is 1. The number of rotatable bonds is 5. The summed E-state index contributed by atoms with van der Waals surface area (Å²) in [7, 11) is 1.92. The molecule has 1 saturated heterocycles. The highest BCUT2D eigenvalue weighted by Gasteiger charge is 2.30. The van der Waals surface area contributed by atoms with Crippen LogP contribution >= 0.6 is 0 Å². The molecule has 4 rings (SSSR count). The van der Waals surface area contributed by atoms with Gasteiger partial charge in [-0.25, -0.2) is 14.8 Å². The third kappa shape index (κ3) is 3.57. The lowest BCUT2D eigenvalue weighted by molar-refractivity contribution is 0.0796. The van der Waals surface area contributed by atoms with E-state index in [-0.39, 0.29) is 18.3 Å². The number of ether oxygens (including phenoxy) is 2. The smallest absolute Gasteiger partial charge is 0.410 e. The SMILES string of the molecule is CCn1ncc(-c2nc3c(O[C@H]4CCN(C(=O)OC(C)C)C4)ncnc3n2C)c1C. The molecule has 1 amide bonds. The van der Waals surface area contributed by atoms with Crippen molar-refractivity contribution in [2.75, 3.05) is 13.1 Å². The van der Waals surface area contributed by atoms with Crippen LogP contribution in [-0.2, 0) is 18.3 Å². The summed E-state index contributed by atoms with van der Waals surface area (Å²) >= 11 is 0. The summed E-state index contributed by atoms with van der Waals surface area (Å²) in [6, 6.07) is 0. The molecule has 0 aromatic carbocycles. The first-order valence-electron chi connectivity index (χ1n) is 10.2. The lowest BCUT2D eigenvalue weighted by Gasteiger charge is -2.18. The first-order valence-corrected chi connectivity index (χ1v) is 10.2. The topological polar surface area (TPSA) is 100 Å². The molecule has 1 aliphatic rings. The fraction of sp³-hybridized carbons (Fsp3) is 0.550. The van der Waals surface area contributed by atoms with Crippen LogP contribution in [0.25, 0.3) is 22.6 Å². The van der Waals surface area contributed by atoms with Gasteiger partial charge in [-0.2, -0.15) is 10.1 Å². The van der Waals surface area contributed by atoms with Gasteiger partial charge in [-0.05, 0) is 27.7 Å². The fourth-order valence-electron chi connectivity index (χ4n) is 3.71. The summed E-state index contributed by atoms with van der Waals surface area (Å²) in [6.07, 6.45) is 3.38. The Morgan fingerprint density at radius 2 is 2.13 bits per heavy atom. The lowest BCUT2D eigenvalue weighted by Crippen LogP contribution is -2.33. The highest BCUT2D eigenvalue weighted by molar-refractivity contribution is 5.81. The number of carbonyl (C=O) groups is 1. The largest absolute Gasteiger partial charge is 0.471 e. The third-order valence-corrected chi connectivity index (χ3v) is 5.28. The van der Waals surface area contributed by atoms with E-state index < -0.39 is 0 Å². The number of carbonyl (C=O) groups excluding carboxylic acids is 1. The number of aryl methyl sites for hydroxylation is 2. The normalized spacial score (nSPS) is 16.6. The summed E-state index contributed by atoms with van der Waals surface area (Å²) < 4.78 is 15.3. The summed E-state index contributed by atoms with van der Waals surface area (Å²) in [5.41, 5.74) is 3.28. The Morgan fingerprint density at radius 1 is 1.33 bits per heavy atom. The number of imidazole rings is 1. The predicted octanol–water partition coefficient (Wildman–Crippen LogP) is 2.55. The molecule has 1 fully saturated rings. The van der Waals surface area contributed by atoms with Gasteiger partial charge in [0.05, 0.1) is 24.4 Å². The number of aromatic nitrogens is 6. The van der Waals surface area contributed by atoms with Crippen molar-refractivity contribution in [1.82, 2.24) is 34.2 Å². The van der Waals surface area contributed by atoms with Crippen molar-refractivity contribution < 1.29 is 14.3 Å². The second kappa shape index (κ2) is 7.92. The maximum Gasteiger partial charge on any atom is 0.410 e. The van der Waals surface area contributed by atoms with E-state index in [2.05, 4.69) is 22.0 Å². The molecule has 10 nitrogen and oxygen atoms in total. The molecule has 10 heteroatoms. The van der Waals surface area contributed by atoms with Crippen molar-refractivity contribution >= 4 is 17.3 Å². The molecule has 0 unspecified atom stereocenters. The van der Waals surface area contributed by atoms with Gasteiger partial charge >= 0.3 is 6.09 Å². The Bertz CT molecular complexity index is 1070. The number of likely N-dealkylation sites (tertiary alicyclic amines) is 1. The molecule has 0 bridgehead atoms. The molecule has 3 aromatic heterocycles. The predicted molar refractivity (Wildman–Crippen MR) is 110 cm³/mol. The van der Waals surface area contributed by atoms with Gasteiger partial charge in [0.2, 0.25) is 5.88 Å². The number of nitrogens with zero attached hydrogens (tertiary/aromatic N) is 7.